The van der Waals surface area contributed by atoms with Gasteiger partial charge in [-0.25, -0.2) is 0 Å². The van der Waals surface area contributed by atoms with Gasteiger partial charge in [0.1, 0.15) is 5.75 Å². The van der Waals surface area contributed by atoms with Gasteiger partial charge in [-0.05, 0) is 36.8 Å². The first-order chi connectivity index (χ1) is 10.2. The summed E-state index contributed by atoms with van der Waals surface area (Å²) in [6, 6.07) is 17.3. The Morgan fingerprint density at radius 1 is 1.10 bits per heavy atom. The van der Waals surface area contributed by atoms with Crippen LogP contribution in [0.3, 0.4) is 0 Å². The van der Waals surface area contributed by atoms with E-state index >= 15 is 0 Å². The number of nitrogens with one attached hydrogen (secondary N) is 1. The van der Waals surface area contributed by atoms with Crippen molar-refractivity contribution in [2.45, 2.75) is 13.0 Å². The summed E-state index contributed by atoms with van der Waals surface area (Å²) in [7, 11) is 1.60. The molecule has 0 aromatic heterocycles. The van der Waals surface area contributed by atoms with Crippen LogP contribution in [0.1, 0.15) is 28.9 Å². The van der Waals surface area contributed by atoms with Crippen LogP contribution < -0.4 is 10.1 Å². The van der Waals surface area contributed by atoms with Gasteiger partial charge in [0.15, 0.2) is 5.78 Å². The van der Waals surface area contributed by atoms with Gasteiger partial charge in [-0.3, -0.25) is 4.79 Å². The first kappa shape index (κ1) is 14.9. The van der Waals surface area contributed by atoms with Gasteiger partial charge in [0.05, 0.1) is 7.11 Å². The molecule has 3 heteroatoms. The smallest absolute Gasteiger partial charge is 0.187 e. The van der Waals surface area contributed by atoms with Gasteiger partial charge in [0.2, 0.25) is 0 Å². The third-order valence-corrected chi connectivity index (χ3v) is 3.26. The zero-order valence-electron chi connectivity index (χ0n) is 12.2. The van der Waals surface area contributed by atoms with E-state index in [0.29, 0.717) is 5.56 Å². The number of methoxy groups -OCH3 is 1. The maximum Gasteiger partial charge on any atom is 0.187 e. The Balaban J connectivity index is 1.92. The minimum absolute atomic E-state index is 0.0367. The zero-order valence-corrected chi connectivity index (χ0v) is 12.2. The second kappa shape index (κ2) is 7.29. The molecule has 21 heavy (non-hydrogen) atoms. The lowest BCUT2D eigenvalue weighted by atomic mass is 10.1. The molecule has 1 N–H and O–H groups in total. The van der Waals surface area contributed by atoms with Crippen LogP contribution in [0, 0.1) is 0 Å². The molecule has 0 saturated heterocycles. The summed E-state index contributed by atoms with van der Waals surface area (Å²) in [5, 5.41) is 3.20. The molecule has 1 atom stereocenters. The van der Waals surface area contributed by atoms with E-state index in [1.807, 2.05) is 18.2 Å². The lowest BCUT2D eigenvalue weighted by Crippen LogP contribution is -2.12. The van der Waals surface area contributed by atoms with Gasteiger partial charge < -0.3 is 10.1 Å². The molecule has 0 bridgehead atoms. The predicted octanol–water partition coefficient (Wildman–Crippen LogP) is 3.74. The van der Waals surface area contributed by atoms with Crippen molar-refractivity contribution < 1.29 is 9.53 Å². The molecule has 0 heterocycles. The zero-order chi connectivity index (χ0) is 15.1. The summed E-state index contributed by atoms with van der Waals surface area (Å²) in [6.07, 6.45) is 3.24. The average Bonchev–Trinajstić information content (AvgIpc) is 2.55. The summed E-state index contributed by atoms with van der Waals surface area (Å²) in [4.78, 5) is 12.0. The van der Waals surface area contributed by atoms with Crippen LogP contribution in [0.15, 0.2) is 66.9 Å². The highest BCUT2D eigenvalue weighted by Crippen LogP contribution is 2.13. The van der Waals surface area contributed by atoms with E-state index < -0.39 is 0 Å². The van der Waals surface area contributed by atoms with Gasteiger partial charge in [0, 0.05) is 23.9 Å². The molecule has 0 saturated carbocycles. The maximum atomic E-state index is 12.0. The van der Waals surface area contributed by atoms with Gasteiger partial charge in [-0.1, -0.05) is 30.3 Å². The summed E-state index contributed by atoms with van der Waals surface area (Å²) < 4.78 is 5.07. The predicted molar refractivity (Wildman–Crippen MR) is 84.5 cm³/mol. The van der Waals surface area contributed by atoms with Gasteiger partial charge in [-0.15, -0.1) is 0 Å². The number of ketones is 1. The Kier molecular flexibility index (Phi) is 5.16. The average molecular weight is 281 g/mol. The second-order valence-corrected chi connectivity index (χ2v) is 4.73. The standard InChI is InChI=1S/C18H19NO2/c1-14(15-6-4-3-5-7-15)19-13-12-18(20)16-8-10-17(21-2)11-9-16/h3-14,19H,1-2H3/b13-12+/t14-/m1/s1. The Morgan fingerprint density at radius 3 is 2.38 bits per heavy atom. The number of allylic oxidation sites excluding steroid dienone is 1. The number of carbonyl (C=O) groups excluding carboxylic acids is 1. The number of benzene rings is 2. The third-order valence-electron chi connectivity index (χ3n) is 3.26. The van der Waals surface area contributed by atoms with E-state index in [-0.39, 0.29) is 11.8 Å². The highest BCUT2D eigenvalue weighted by atomic mass is 16.5. The van der Waals surface area contributed by atoms with E-state index in [2.05, 4.69) is 24.4 Å². The van der Waals surface area contributed by atoms with Crippen LogP contribution in [0.25, 0.3) is 0 Å². The van der Waals surface area contributed by atoms with Crippen molar-refractivity contribution in [1.82, 2.24) is 5.32 Å². The van der Waals surface area contributed by atoms with Crippen molar-refractivity contribution in [3.8, 4) is 5.75 Å². The number of hydrogen-bond donors (Lipinski definition) is 1. The number of ether oxygens (including phenoxy) is 1. The molecule has 0 fully saturated rings. The molecule has 0 aliphatic carbocycles. The highest BCUT2D eigenvalue weighted by molar-refractivity contribution is 6.04. The van der Waals surface area contributed by atoms with E-state index in [1.165, 1.54) is 5.56 Å². The van der Waals surface area contributed by atoms with Crippen LogP contribution in [-0.2, 0) is 0 Å². The quantitative estimate of drug-likeness (QED) is 0.647. The van der Waals surface area contributed by atoms with Gasteiger partial charge >= 0.3 is 0 Å². The molecule has 2 aromatic carbocycles. The Labute approximate surface area is 125 Å². The van der Waals surface area contributed by atoms with Crippen molar-refractivity contribution in [3.63, 3.8) is 0 Å². The van der Waals surface area contributed by atoms with Crippen LogP contribution in [0.2, 0.25) is 0 Å². The van der Waals surface area contributed by atoms with E-state index in [1.54, 1.807) is 43.7 Å². The van der Waals surface area contributed by atoms with Gasteiger partial charge in [-0.2, -0.15) is 0 Å². The third kappa shape index (κ3) is 4.21. The minimum atomic E-state index is -0.0367. The lowest BCUT2D eigenvalue weighted by Gasteiger charge is -2.11. The fourth-order valence-corrected chi connectivity index (χ4v) is 1.96. The second-order valence-electron chi connectivity index (χ2n) is 4.73. The molecule has 3 nitrogen and oxygen atoms in total. The molecule has 0 aliphatic heterocycles. The highest BCUT2D eigenvalue weighted by Gasteiger charge is 2.03. The van der Waals surface area contributed by atoms with Gasteiger partial charge in [0.25, 0.3) is 0 Å². The number of hydrogen-bond acceptors (Lipinski definition) is 3. The van der Waals surface area contributed by atoms with Crippen LogP contribution in [0.4, 0.5) is 0 Å². The Hall–Kier alpha value is -2.55. The fourth-order valence-electron chi connectivity index (χ4n) is 1.96. The number of carbonyl (C=O) groups is 1. The summed E-state index contributed by atoms with van der Waals surface area (Å²) in [5.74, 6) is 0.705. The Morgan fingerprint density at radius 2 is 1.76 bits per heavy atom. The topological polar surface area (TPSA) is 38.3 Å². The molecule has 108 valence electrons. The largest absolute Gasteiger partial charge is 0.497 e. The van der Waals surface area contributed by atoms with Crippen LogP contribution in [0.5, 0.6) is 5.75 Å². The molecular formula is C18H19NO2. The molecule has 0 radical (unpaired) electrons. The lowest BCUT2D eigenvalue weighted by molar-refractivity contribution is 0.104. The molecular weight excluding hydrogens is 262 g/mol. The van der Waals surface area contributed by atoms with Crippen molar-refractivity contribution in [1.29, 1.82) is 0 Å². The first-order valence-electron chi connectivity index (χ1n) is 6.86. The first-order valence-corrected chi connectivity index (χ1v) is 6.86. The summed E-state index contributed by atoms with van der Waals surface area (Å²) in [5.41, 5.74) is 1.82. The van der Waals surface area contributed by atoms with E-state index in [4.69, 9.17) is 4.74 Å². The molecule has 2 aromatic rings. The van der Waals surface area contributed by atoms with E-state index in [9.17, 15) is 4.79 Å². The number of rotatable bonds is 6. The fraction of sp³-hybridized carbons (Fsp3) is 0.167. The molecule has 0 spiro atoms. The summed E-state index contributed by atoms with van der Waals surface area (Å²) >= 11 is 0. The van der Waals surface area contributed by atoms with Crippen molar-refractivity contribution >= 4 is 5.78 Å². The molecule has 0 amide bonds. The Bertz CT molecular complexity index is 603. The van der Waals surface area contributed by atoms with Crippen LogP contribution in [-0.4, -0.2) is 12.9 Å². The van der Waals surface area contributed by atoms with Crippen molar-refractivity contribution in [2.75, 3.05) is 7.11 Å². The summed E-state index contributed by atoms with van der Waals surface area (Å²) in [6.45, 7) is 2.05. The van der Waals surface area contributed by atoms with Crippen LogP contribution >= 0.6 is 0 Å². The molecule has 0 unspecified atom stereocenters. The SMILES string of the molecule is COc1ccc(C(=O)/C=C/N[C@H](C)c2ccccc2)cc1. The normalized spacial score (nSPS) is 12.1. The molecule has 0 aliphatic rings. The van der Waals surface area contributed by atoms with E-state index in [0.717, 1.165) is 5.75 Å². The van der Waals surface area contributed by atoms with Crippen molar-refractivity contribution in [3.05, 3.63) is 78.0 Å². The van der Waals surface area contributed by atoms with Crippen molar-refractivity contribution in [2.24, 2.45) is 0 Å². The minimum Gasteiger partial charge on any atom is -0.497 e. The maximum absolute atomic E-state index is 12.0. The monoisotopic (exact) mass is 281 g/mol. The molecule has 2 rings (SSSR count).